The van der Waals surface area contributed by atoms with Crippen molar-refractivity contribution in [3.05, 3.63) is 77.9 Å². The number of carbonyl (C=O) groups is 1. The Balaban J connectivity index is 1.77. The first kappa shape index (κ1) is 19.6. The molecule has 0 unspecified atom stereocenters. The number of carbonyl (C=O) groups excluding carboxylic acids is 1. The lowest BCUT2D eigenvalue weighted by Crippen LogP contribution is -2.19. The second-order valence-corrected chi connectivity index (χ2v) is 7.77. The number of rotatable bonds is 4. The first-order valence-electron chi connectivity index (χ1n) is 8.57. The first-order valence-corrected chi connectivity index (χ1v) is 10.0. The maximum Gasteiger partial charge on any atom is 0.323 e. The third kappa shape index (κ3) is 4.39. The normalized spacial score (nSPS) is 11.1. The van der Waals surface area contributed by atoms with E-state index in [1.54, 1.807) is 43.3 Å². The highest BCUT2D eigenvalue weighted by atomic mass is 32.2. The Hall–Kier alpha value is -3.16. The van der Waals surface area contributed by atoms with E-state index in [2.05, 4.69) is 10.6 Å². The van der Waals surface area contributed by atoms with Gasteiger partial charge in [-0.05, 0) is 60.4 Å². The third-order valence-corrected chi connectivity index (χ3v) is 5.41. The number of nitrogens with one attached hydrogen (secondary N) is 2. The SMILES string of the molecule is Cc1ccccc1NC(=O)Nc1ccc(-c2cccc(S(=O)(=O)O)c2C)cc1. The van der Waals surface area contributed by atoms with Crippen LogP contribution in [0.15, 0.2) is 71.6 Å². The van der Waals surface area contributed by atoms with Gasteiger partial charge in [-0.2, -0.15) is 8.42 Å². The van der Waals surface area contributed by atoms with Gasteiger partial charge in [-0.25, -0.2) is 4.79 Å². The van der Waals surface area contributed by atoms with Gasteiger partial charge in [0.1, 0.15) is 0 Å². The van der Waals surface area contributed by atoms with Gasteiger partial charge in [-0.15, -0.1) is 0 Å². The number of urea groups is 1. The van der Waals surface area contributed by atoms with Gasteiger partial charge in [0, 0.05) is 11.4 Å². The number of para-hydroxylation sites is 1. The fourth-order valence-electron chi connectivity index (χ4n) is 2.94. The van der Waals surface area contributed by atoms with Crippen molar-refractivity contribution in [2.75, 3.05) is 10.6 Å². The van der Waals surface area contributed by atoms with Crippen LogP contribution >= 0.6 is 0 Å². The highest BCUT2D eigenvalue weighted by Crippen LogP contribution is 2.29. The van der Waals surface area contributed by atoms with Crippen molar-refractivity contribution >= 4 is 27.5 Å². The summed E-state index contributed by atoms with van der Waals surface area (Å²) in [6.45, 7) is 3.55. The second kappa shape index (κ2) is 7.84. The highest BCUT2D eigenvalue weighted by Gasteiger charge is 2.16. The largest absolute Gasteiger partial charge is 0.323 e. The second-order valence-electron chi connectivity index (χ2n) is 6.38. The Labute approximate surface area is 164 Å². The van der Waals surface area contributed by atoms with E-state index < -0.39 is 10.1 Å². The van der Waals surface area contributed by atoms with Gasteiger partial charge in [0.25, 0.3) is 10.1 Å². The van der Waals surface area contributed by atoms with Crippen LogP contribution in [0.5, 0.6) is 0 Å². The number of hydrogen-bond acceptors (Lipinski definition) is 3. The molecule has 3 rings (SSSR count). The van der Waals surface area contributed by atoms with E-state index in [0.717, 1.165) is 16.8 Å². The molecule has 0 aliphatic carbocycles. The molecular formula is C21H20N2O4S. The van der Waals surface area contributed by atoms with Crippen molar-refractivity contribution in [3.8, 4) is 11.1 Å². The van der Waals surface area contributed by atoms with Crippen molar-refractivity contribution < 1.29 is 17.8 Å². The van der Waals surface area contributed by atoms with Crippen molar-refractivity contribution in [2.24, 2.45) is 0 Å². The summed E-state index contributed by atoms with van der Waals surface area (Å²) in [6, 6.07) is 18.8. The van der Waals surface area contributed by atoms with Crippen molar-refractivity contribution in [1.82, 2.24) is 0 Å². The van der Waals surface area contributed by atoms with E-state index >= 15 is 0 Å². The fourth-order valence-corrected chi connectivity index (χ4v) is 3.68. The minimum atomic E-state index is -4.29. The Morgan fingerprint density at radius 3 is 2.18 bits per heavy atom. The molecule has 0 atom stereocenters. The van der Waals surface area contributed by atoms with Crippen LogP contribution in [0.3, 0.4) is 0 Å². The van der Waals surface area contributed by atoms with E-state index in [-0.39, 0.29) is 10.9 Å². The minimum absolute atomic E-state index is 0.121. The topological polar surface area (TPSA) is 95.5 Å². The van der Waals surface area contributed by atoms with Gasteiger partial charge in [-0.1, -0.05) is 42.5 Å². The van der Waals surface area contributed by atoms with Gasteiger partial charge in [0.15, 0.2) is 0 Å². The lowest BCUT2D eigenvalue weighted by atomic mass is 10.0. The van der Waals surface area contributed by atoms with E-state index in [1.165, 1.54) is 6.07 Å². The van der Waals surface area contributed by atoms with Crippen molar-refractivity contribution in [1.29, 1.82) is 0 Å². The number of amides is 2. The van der Waals surface area contributed by atoms with Crippen LogP contribution in [-0.2, 0) is 10.1 Å². The first-order chi connectivity index (χ1) is 13.3. The lowest BCUT2D eigenvalue weighted by molar-refractivity contribution is 0.262. The molecule has 0 heterocycles. The molecule has 7 heteroatoms. The van der Waals surface area contributed by atoms with Crippen LogP contribution in [0, 0.1) is 13.8 Å². The molecule has 3 aromatic carbocycles. The molecule has 0 bridgehead atoms. The van der Waals surface area contributed by atoms with Crippen LogP contribution in [0.1, 0.15) is 11.1 Å². The molecule has 0 spiro atoms. The number of benzene rings is 3. The molecule has 6 nitrogen and oxygen atoms in total. The highest BCUT2D eigenvalue weighted by molar-refractivity contribution is 7.85. The molecule has 0 aromatic heterocycles. The molecule has 0 radical (unpaired) electrons. The molecule has 0 saturated carbocycles. The predicted molar refractivity (Wildman–Crippen MR) is 110 cm³/mol. The maximum atomic E-state index is 12.2. The number of aryl methyl sites for hydroxylation is 1. The molecule has 3 N–H and O–H groups in total. The summed E-state index contributed by atoms with van der Waals surface area (Å²) in [6.07, 6.45) is 0. The van der Waals surface area contributed by atoms with Crippen molar-refractivity contribution in [3.63, 3.8) is 0 Å². The maximum absolute atomic E-state index is 12.2. The summed E-state index contributed by atoms with van der Waals surface area (Å²) < 4.78 is 32.3. The zero-order valence-electron chi connectivity index (χ0n) is 15.4. The number of anilines is 2. The molecule has 144 valence electrons. The van der Waals surface area contributed by atoms with E-state index in [4.69, 9.17) is 0 Å². The van der Waals surface area contributed by atoms with Gasteiger partial charge < -0.3 is 10.6 Å². The fraction of sp³-hybridized carbons (Fsp3) is 0.0952. The van der Waals surface area contributed by atoms with Gasteiger partial charge in [-0.3, -0.25) is 4.55 Å². The molecule has 0 aliphatic rings. The summed E-state index contributed by atoms with van der Waals surface area (Å²) in [5.41, 5.74) is 4.21. The smallest absolute Gasteiger partial charge is 0.308 e. The standard InChI is InChI=1S/C21H20N2O4S/c1-14-6-3-4-8-19(14)23-21(24)22-17-12-10-16(11-13-17)18-7-5-9-20(15(18)2)28(25,26)27/h3-13H,1-2H3,(H2,22,23,24)(H,25,26,27). The molecule has 3 aromatic rings. The summed E-state index contributed by atoms with van der Waals surface area (Å²) in [7, 11) is -4.29. The summed E-state index contributed by atoms with van der Waals surface area (Å²) in [5, 5.41) is 5.55. The average molecular weight is 396 g/mol. The average Bonchev–Trinajstić information content (AvgIpc) is 2.64. The molecular weight excluding hydrogens is 376 g/mol. The molecule has 28 heavy (non-hydrogen) atoms. The van der Waals surface area contributed by atoms with Crippen LogP contribution < -0.4 is 10.6 Å². The van der Waals surface area contributed by atoms with Crippen molar-refractivity contribution in [2.45, 2.75) is 18.7 Å². The zero-order chi connectivity index (χ0) is 20.3. The quantitative estimate of drug-likeness (QED) is 0.549. The molecule has 0 saturated heterocycles. The summed E-state index contributed by atoms with van der Waals surface area (Å²) in [4.78, 5) is 12.1. The Bertz CT molecular complexity index is 1120. The Morgan fingerprint density at radius 1 is 0.857 bits per heavy atom. The monoisotopic (exact) mass is 396 g/mol. The molecule has 0 fully saturated rings. The van der Waals surface area contributed by atoms with E-state index in [0.29, 0.717) is 16.8 Å². The van der Waals surface area contributed by atoms with Crippen LogP contribution in [0.25, 0.3) is 11.1 Å². The van der Waals surface area contributed by atoms with Gasteiger partial charge in [0.2, 0.25) is 0 Å². The van der Waals surface area contributed by atoms with E-state index in [1.807, 2.05) is 31.2 Å². The summed E-state index contributed by atoms with van der Waals surface area (Å²) in [5.74, 6) is 0. The Kier molecular flexibility index (Phi) is 5.48. The number of hydrogen-bond donors (Lipinski definition) is 3. The van der Waals surface area contributed by atoms with Crippen LogP contribution in [0.2, 0.25) is 0 Å². The molecule has 0 aliphatic heterocycles. The Morgan fingerprint density at radius 2 is 1.54 bits per heavy atom. The zero-order valence-corrected chi connectivity index (χ0v) is 16.2. The van der Waals surface area contributed by atoms with Gasteiger partial charge in [0.05, 0.1) is 4.90 Å². The predicted octanol–water partition coefficient (Wildman–Crippen LogP) is 4.86. The minimum Gasteiger partial charge on any atom is -0.308 e. The third-order valence-electron chi connectivity index (χ3n) is 4.41. The van der Waals surface area contributed by atoms with Crippen LogP contribution in [0.4, 0.5) is 16.2 Å². The van der Waals surface area contributed by atoms with Gasteiger partial charge >= 0.3 is 6.03 Å². The van der Waals surface area contributed by atoms with Crippen LogP contribution in [-0.4, -0.2) is 19.0 Å². The summed E-state index contributed by atoms with van der Waals surface area (Å²) >= 11 is 0. The van der Waals surface area contributed by atoms with E-state index in [9.17, 15) is 17.8 Å². The lowest BCUT2D eigenvalue weighted by Gasteiger charge is -2.12. The molecule has 2 amide bonds.